The molecule has 1 amide bonds. The summed E-state index contributed by atoms with van der Waals surface area (Å²) < 4.78 is 5.69. The van der Waals surface area contributed by atoms with E-state index in [1.807, 2.05) is 45.9 Å². The molecule has 1 aromatic rings. The summed E-state index contributed by atoms with van der Waals surface area (Å²) in [4.78, 5) is 25.6. The number of aryl methyl sites for hydroxylation is 2. The molecule has 1 saturated heterocycles. The number of hydrogen-bond donors (Lipinski definition) is 1. The van der Waals surface area contributed by atoms with Crippen molar-refractivity contribution >= 4 is 11.9 Å². The highest BCUT2D eigenvalue weighted by atomic mass is 16.5. The van der Waals surface area contributed by atoms with E-state index in [0.29, 0.717) is 13.0 Å². The summed E-state index contributed by atoms with van der Waals surface area (Å²) in [6, 6.07) is 5.83. The molecule has 5 heteroatoms. The molecule has 0 aromatic heterocycles. The van der Waals surface area contributed by atoms with Gasteiger partial charge in [0.1, 0.15) is 5.75 Å². The Morgan fingerprint density at radius 2 is 1.91 bits per heavy atom. The van der Waals surface area contributed by atoms with E-state index in [-0.39, 0.29) is 25.0 Å². The van der Waals surface area contributed by atoms with Crippen molar-refractivity contribution in [3.63, 3.8) is 0 Å². The summed E-state index contributed by atoms with van der Waals surface area (Å²) >= 11 is 0. The molecule has 23 heavy (non-hydrogen) atoms. The van der Waals surface area contributed by atoms with Gasteiger partial charge in [-0.1, -0.05) is 32.0 Å². The lowest BCUT2D eigenvalue weighted by atomic mass is 9.76. The molecule has 0 radical (unpaired) electrons. The van der Waals surface area contributed by atoms with Gasteiger partial charge in [0.05, 0.1) is 5.41 Å². The van der Waals surface area contributed by atoms with Crippen LogP contribution in [-0.2, 0) is 9.59 Å². The Hall–Kier alpha value is -2.04. The zero-order chi connectivity index (χ0) is 17.2. The van der Waals surface area contributed by atoms with Crippen LogP contribution in [0.4, 0.5) is 0 Å². The van der Waals surface area contributed by atoms with Gasteiger partial charge in [0, 0.05) is 13.1 Å². The third kappa shape index (κ3) is 3.33. The second-order valence-electron chi connectivity index (χ2n) is 6.69. The number of carboxylic acid groups (broad SMARTS) is 1. The van der Waals surface area contributed by atoms with Crippen molar-refractivity contribution in [1.29, 1.82) is 0 Å². The molecule has 1 aliphatic rings. The van der Waals surface area contributed by atoms with Crippen LogP contribution in [0, 0.1) is 25.2 Å². The number of benzene rings is 1. The molecule has 2 rings (SSSR count). The van der Waals surface area contributed by atoms with Gasteiger partial charge >= 0.3 is 5.97 Å². The highest BCUT2D eigenvalue weighted by Gasteiger charge is 2.48. The fourth-order valence-electron chi connectivity index (χ4n) is 3.19. The van der Waals surface area contributed by atoms with Crippen molar-refractivity contribution < 1.29 is 19.4 Å². The maximum atomic E-state index is 12.4. The van der Waals surface area contributed by atoms with E-state index in [0.717, 1.165) is 16.9 Å². The molecule has 1 aliphatic heterocycles. The molecule has 0 bridgehead atoms. The van der Waals surface area contributed by atoms with Crippen LogP contribution in [0.5, 0.6) is 5.75 Å². The van der Waals surface area contributed by atoms with Gasteiger partial charge in [-0.05, 0) is 37.3 Å². The van der Waals surface area contributed by atoms with E-state index in [4.69, 9.17) is 4.74 Å². The lowest BCUT2D eigenvalue weighted by Gasteiger charge is -2.28. The van der Waals surface area contributed by atoms with Crippen molar-refractivity contribution in [3.05, 3.63) is 29.3 Å². The topological polar surface area (TPSA) is 66.8 Å². The van der Waals surface area contributed by atoms with Crippen molar-refractivity contribution in [2.24, 2.45) is 11.3 Å². The molecular formula is C18H25NO4. The summed E-state index contributed by atoms with van der Waals surface area (Å²) in [6.07, 6.45) is 0.495. The zero-order valence-electron chi connectivity index (χ0n) is 14.3. The number of ether oxygens (including phenoxy) is 1. The molecule has 0 saturated carbocycles. The number of likely N-dealkylation sites (tertiary alicyclic amines) is 1. The minimum absolute atomic E-state index is 0.0164. The minimum atomic E-state index is -0.839. The molecule has 126 valence electrons. The van der Waals surface area contributed by atoms with E-state index in [2.05, 4.69) is 0 Å². The lowest BCUT2D eigenvalue weighted by molar-refractivity contribution is -0.151. The third-order valence-electron chi connectivity index (χ3n) is 4.93. The fourth-order valence-corrected chi connectivity index (χ4v) is 3.19. The summed E-state index contributed by atoms with van der Waals surface area (Å²) in [5, 5.41) is 9.55. The van der Waals surface area contributed by atoms with Gasteiger partial charge in [0.2, 0.25) is 0 Å². The van der Waals surface area contributed by atoms with Crippen LogP contribution >= 0.6 is 0 Å². The first-order valence-electron chi connectivity index (χ1n) is 7.98. The molecular weight excluding hydrogens is 294 g/mol. The molecule has 1 N–H and O–H groups in total. The lowest BCUT2D eigenvalue weighted by Crippen LogP contribution is -2.41. The van der Waals surface area contributed by atoms with Crippen LogP contribution in [0.2, 0.25) is 0 Å². The van der Waals surface area contributed by atoms with Crippen molar-refractivity contribution in [1.82, 2.24) is 4.90 Å². The predicted molar refractivity (Wildman–Crippen MR) is 87.5 cm³/mol. The van der Waals surface area contributed by atoms with Crippen LogP contribution in [0.1, 0.15) is 31.4 Å². The number of para-hydroxylation sites is 1. The monoisotopic (exact) mass is 319 g/mol. The number of rotatable bonds is 5. The fraction of sp³-hybridized carbons (Fsp3) is 0.556. The van der Waals surface area contributed by atoms with E-state index in [1.54, 1.807) is 4.90 Å². The van der Waals surface area contributed by atoms with Gasteiger partial charge in [0.25, 0.3) is 5.91 Å². The largest absolute Gasteiger partial charge is 0.483 e. The maximum Gasteiger partial charge on any atom is 0.311 e. The Morgan fingerprint density at radius 3 is 2.39 bits per heavy atom. The summed E-state index contributed by atoms with van der Waals surface area (Å²) in [6.45, 7) is 8.35. The van der Waals surface area contributed by atoms with Gasteiger partial charge < -0.3 is 14.7 Å². The SMILES string of the molecule is Cc1cccc(C)c1OCC(=O)N1CCC(C(=O)O)(C(C)C)C1. The molecule has 1 aromatic carbocycles. The van der Waals surface area contributed by atoms with Crippen LogP contribution in [0.3, 0.4) is 0 Å². The minimum Gasteiger partial charge on any atom is -0.483 e. The quantitative estimate of drug-likeness (QED) is 0.906. The smallest absolute Gasteiger partial charge is 0.311 e. The van der Waals surface area contributed by atoms with Gasteiger partial charge in [0.15, 0.2) is 6.61 Å². The van der Waals surface area contributed by atoms with Gasteiger partial charge in [-0.25, -0.2) is 0 Å². The first-order chi connectivity index (χ1) is 10.8. The van der Waals surface area contributed by atoms with Crippen LogP contribution in [0.15, 0.2) is 18.2 Å². The van der Waals surface area contributed by atoms with Gasteiger partial charge in [-0.3, -0.25) is 9.59 Å². The maximum absolute atomic E-state index is 12.4. The normalized spacial score (nSPS) is 20.8. The number of carbonyl (C=O) groups is 2. The molecule has 1 unspecified atom stereocenters. The van der Waals surface area contributed by atoms with Crippen LogP contribution in [-0.4, -0.2) is 41.6 Å². The summed E-state index contributed by atoms with van der Waals surface area (Å²) in [5.41, 5.74) is 1.14. The number of carboxylic acids is 1. The van der Waals surface area contributed by atoms with Gasteiger partial charge in [-0.2, -0.15) is 0 Å². The Morgan fingerprint density at radius 1 is 1.30 bits per heavy atom. The standard InChI is InChI=1S/C18H25NO4/c1-12(2)18(17(21)22)8-9-19(11-18)15(20)10-23-16-13(3)6-5-7-14(16)4/h5-7,12H,8-11H2,1-4H3,(H,21,22). The first kappa shape index (κ1) is 17.3. The Balaban J connectivity index is 2.02. The van der Waals surface area contributed by atoms with Crippen molar-refractivity contribution in [2.75, 3.05) is 19.7 Å². The second kappa shape index (κ2) is 6.60. The Kier molecular flexibility index (Phi) is 4.97. The number of amides is 1. The Labute approximate surface area is 137 Å². The van der Waals surface area contributed by atoms with Crippen LogP contribution in [0.25, 0.3) is 0 Å². The number of hydrogen-bond acceptors (Lipinski definition) is 3. The van der Waals surface area contributed by atoms with Crippen molar-refractivity contribution in [2.45, 2.75) is 34.1 Å². The van der Waals surface area contributed by atoms with E-state index in [9.17, 15) is 14.7 Å². The number of aliphatic carboxylic acids is 1. The summed E-state index contributed by atoms with van der Waals surface area (Å²) in [7, 11) is 0. The van der Waals surface area contributed by atoms with E-state index in [1.165, 1.54) is 0 Å². The number of nitrogens with zero attached hydrogens (tertiary/aromatic N) is 1. The second-order valence-corrected chi connectivity index (χ2v) is 6.69. The molecule has 1 fully saturated rings. The average Bonchev–Trinajstić information content (AvgIpc) is 2.93. The highest BCUT2D eigenvalue weighted by molar-refractivity contribution is 5.81. The van der Waals surface area contributed by atoms with E-state index < -0.39 is 11.4 Å². The molecule has 0 spiro atoms. The molecule has 1 atom stereocenters. The van der Waals surface area contributed by atoms with E-state index >= 15 is 0 Å². The molecule has 5 nitrogen and oxygen atoms in total. The average molecular weight is 319 g/mol. The summed E-state index contributed by atoms with van der Waals surface area (Å²) in [5.74, 6) is -0.263. The predicted octanol–water partition coefficient (Wildman–Crippen LogP) is 2.64. The van der Waals surface area contributed by atoms with Crippen molar-refractivity contribution in [3.8, 4) is 5.75 Å². The zero-order valence-corrected chi connectivity index (χ0v) is 14.3. The number of carbonyl (C=O) groups excluding carboxylic acids is 1. The first-order valence-corrected chi connectivity index (χ1v) is 7.98. The van der Waals surface area contributed by atoms with Gasteiger partial charge in [-0.15, -0.1) is 0 Å². The third-order valence-corrected chi connectivity index (χ3v) is 4.93. The Bertz CT molecular complexity index is 591. The molecule has 1 heterocycles. The molecule has 0 aliphatic carbocycles. The van der Waals surface area contributed by atoms with Crippen LogP contribution < -0.4 is 4.74 Å². The highest BCUT2D eigenvalue weighted by Crippen LogP contribution is 2.38.